The van der Waals surface area contributed by atoms with Gasteiger partial charge in [-0.25, -0.2) is 9.78 Å². The smallest absolute Gasteiger partial charge is 0.361 e. The molecule has 3 aromatic rings. The zero-order valence-corrected chi connectivity index (χ0v) is 14.3. The van der Waals surface area contributed by atoms with E-state index >= 15 is 0 Å². The minimum atomic E-state index is -0.502. The summed E-state index contributed by atoms with van der Waals surface area (Å²) in [4.78, 5) is 16.6. The molecule has 0 radical (unpaired) electrons. The maximum absolute atomic E-state index is 12.4. The van der Waals surface area contributed by atoms with E-state index in [1.807, 2.05) is 54.1 Å². The molecule has 5 nitrogen and oxygen atoms in total. The minimum absolute atomic E-state index is 0.187. The van der Waals surface area contributed by atoms with Crippen LogP contribution in [0.5, 0.6) is 0 Å². The average Bonchev–Trinajstić information content (AvgIpc) is 3.09. The van der Waals surface area contributed by atoms with E-state index < -0.39 is 5.97 Å². The van der Waals surface area contributed by atoms with Crippen LogP contribution in [0.4, 0.5) is 0 Å². The molecule has 0 saturated heterocycles. The Morgan fingerprint density at radius 2 is 2.00 bits per heavy atom. The zero-order chi connectivity index (χ0) is 16.4. The van der Waals surface area contributed by atoms with Crippen LogP contribution in [0.25, 0.3) is 11.5 Å². The third-order valence-electron chi connectivity index (χ3n) is 3.43. The number of esters is 1. The Morgan fingerprint density at radius 3 is 2.65 bits per heavy atom. The molecule has 2 heterocycles. The molecule has 0 aliphatic heterocycles. The number of oxazole rings is 1. The zero-order valence-electron chi connectivity index (χ0n) is 12.7. The van der Waals surface area contributed by atoms with Gasteiger partial charge < -0.3 is 13.7 Å². The molecule has 0 saturated carbocycles. The van der Waals surface area contributed by atoms with Crippen molar-refractivity contribution in [1.29, 1.82) is 0 Å². The van der Waals surface area contributed by atoms with Gasteiger partial charge in [-0.2, -0.15) is 0 Å². The molecule has 0 atom stereocenters. The number of carbonyl (C=O) groups is 1. The van der Waals surface area contributed by atoms with Crippen molar-refractivity contribution < 1.29 is 13.9 Å². The fourth-order valence-electron chi connectivity index (χ4n) is 2.24. The minimum Gasteiger partial charge on any atom is -0.456 e. The van der Waals surface area contributed by atoms with E-state index in [0.717, 1.165) is 15.9 Å². The van der Waals surface area contributed by atoms with Gasteiger partial charge in [-0.1, -0.05) is 30.3 Å². The van der Waals surface area contributed by atoms with Crippen molar-refractivity contribution in [3.63, 3.8) is 0 Å². The van der Waals surface area contributed by atoms with Gasteiger partial charge in [0.05, 0.1) is 10.3 Å². The van der Waals surface area contributed by atoms with Gasteiger partial charge in [-0.3, -0.25) is 0 Å². The third kappa shape index (κ3) is 3.22. The molecule has 3 rings (SSSR count). The molecule has 0 spiro atoms. The number of carbonyl (C=O) groups excluding carboxylic acids is 1. The van der Waals surface area contributed by atoms with Crippen molar-refractivity contribution in [2.24, 2.45) is 7.05 Å². The van der Waals surface area contributed by atoms with Crippen LogP contribution in [0.2, 0.25) is 0 Å². The first kappa shape index (κ1) is 15.6. The Bertz CT molecular complexity index is 837. The van der Waals surface area contributed by atoms with Gasteiger partial charge in [0.25, 0.3) is 0 Å². The van der Waals surface area contributed by atoms with Crippen molar-refractivity contribution in [2.75, 3.05) is 0 Å². The number of benzene rings is 1. The Labute approximate surface area is 142 Å². The number of halogens is 1. The highest BCUT2D eigenvalue weighted by Gasteiger charge is 2.23. The molecular weight excluding hydrogens is 360 g/mol. The fraction of sp³-hybridized carbons (Fsp3) is 0.176. The largest absolute Gasteiger partial charge is 0.456 e. The number of hydrogen-bond acceptors (Lipinski definition) is 4. The Balaban J connectivity index is 1.85. The molecule has 118 valence electrons. The first-order valence-corrected chi connectivity index (χ1v) is 7.85. The van der Waals surface area contributed by atoms with Crippen LogP contribution in [-0.4, -0.2) is 15.5 Å². The summed E-state index contributed by atoms with van der Waals surface area (Å²) in [5.74, 6) is 0.329. The first-order valence-electron chi connectivity index (χ1n) is 7.06. The lowest BCUT2D eigenvalue weighted by atomic mass is 10.2. The maximum Gasteiger partial charge on any atom is 0.361 e. The molecule has 0 aliphatic rings. The van der Waals surface area contributed by atoms with Crippen LogP contribution in [-0.2, 0) is 18.4 Å². The van der Waals surface area contributed by atoms with Crippen LogP contribution in [0.1, 0.15) is 21.9 Å². The van der Waals surface area contributed by atoms with Crippen molar-refractivity contribution in [1.82, 2.24) is 9.55 Å². The van der Waals surface area contributed by atoms with E-state index in [9.17, 15) is 4.79 Å². The Morgan fingerprint density at radius 1 is 1.26 bits per heavy atom. The number of aromatic nitrogens is 2. The van der Waals surface area contributed by atoms with E-state index in [-0.39, 0.29) is 12.3 Å². The summed E-state index contributed by atoms with van der Waals surface area (Å²) in [5.41, 5.74) is 1.86. The number of rotatable bonds is 4. The molecule has 1 aromatic carbocycles. The van der Waals surface area contributed by atoms with E-state index in [0.29, 0.717) is 11.7 Å². The highest BCUT2D eigenvalue weighted by molar-refractivity contribution is 9.10. The molecular formula is C17H15BrN2O3. The van der Waals surface area contributed by atoms with Crippen LogP contribution in [0.3, 0.4) is 0 Å². The summed E-state index contributed by atoms with van der Waals surface area (Å²) in [6.07, 6.45) is 0. The number of nitrogens with zero attached hydrogens (tertiary/aromatic N) is 2. The van der Waals surface area contributed by atoms with Gasteiger partial charge in [0, 0.05) is 14.0 Å². The van der Waals surface area contributed by atoms with E-state index in [1.165, 1.54) is 0 Å². The lowest BCUT2D eigenvalue weighted by Gasteiger charge is -2.05. The monoisotopic (exact) mass is 374 g/mol. The van der Waals surface area contributed by atoms with Gasteiger partial charge in [-0.05, 0) is 33.6 Å². The quantitative estimate of drug-likeness (QED) is 0.644. The topological polar surface area (TPSA) is 57.3 Å². The van der Waals surface area contributed by atoms with Crippen molar-refractivity contribution >= 4 is 21.9 Å². The molecule has 0 amide bonds. The SMILES string of the molecule is Cc1nc(C(=O)OCc2ccccc2)c(-c2ccc(Br)n2C)o1. The second-order valence-electron chi connectivity index (χ2n) is 5.07. The molecule has 0 bridgehead atoms. The summed E-state index contributed by atoms with van der Waals surface area (Å²) >= 11 is 3.43. The third-order valence-corrected chi connectivity index (χ3v) is 4.23. The van der Waals surface area contributed by atoms with Crippen molar-refractivity contribution in [3.05, 3.63) is 64.2 Å². The van der Waals surface area contributed by atoms with Gasteiger partial charge in [0.2, 0.25) is 0 Å². The van der Waals surface area contributed by atoms with Crippen molar-refractivity contribution in [3.8, 4) is 11.5 Å². The van der Waals surface area contributed by atoms with E-state index in [2.05, 4.69) is 20.9 Å². The molecule has 6 heteroatoms. The van der Waals surface area contributed by atoms with E-state index in [4.69, 9.17) is 9.15 Å². The molecule has 23 heavy (non-hydrogen) atoms. The van der Waals surface area contributed by atoms with Gasteiger partial charge in [0.1, 0.15) is 6.61 Å². The van der Waals surface area contributed by atoms with Gasteiger partial charge in [0.15, 0.2) is 17.3 Å². The molecule has 0 aliphatic carbocycles. The lowest BCUT2D eigenvalue weighted by molar-refractivity contribution is 0.0467. The molecule has 0 N–H and O–H groups in total. The maximum atomic E-state index is 12.4. The highest BCUT2D eigenvalue weighted by Crippen LogP contribution is 2.28. The number of hydrogen-bond donors (Lipinski definition) is 0. The second-order valence-corrected chi connectivity index (χ2v) is 5.89. The lowest BCUT2D eigenvalue weighted by Crippen LogP contribution is -2.08. The van der Waals surface area contributed by atoms with Crippen LogP contribution >= 0.6 is 15.9 Å². The van der Waals surface area contributed by atoms with Crippen LogP contribution in [0.15, 0.2) is 51.5 Å². The van der Waals surface area contributed by atoms with Gasteiger partial charge >= 0.3 is 5.97 Å². The predicted octanol–water partition coefficient (Wildman–Crippen LogP) is 4.11. The summed E-state index contributed by atoms with van der Waals surface area (Å²) in [6.45, 7) is 1.90. The number of aryl methyl sites for hydroxylation is 1. The average molecular weight is 375 g/mol. The van der Waals surface area contributed by atoms with Gasteiger partial charge in [-0.15, -0.1) is 0 Å². The summed E-state index contributed by atoms with van der Waals surface area (Å²) in [7, 11) is 1.87. The molecule has 2 aromatic heterocycles. The first-order chi connectivity index (χ1) is 11.1. The summed E-state index contributed by atoms with van der Waals surface area (Å²) in [5, 5.41) is 0. The standard InChI is InChI=1S/C17H15BrN2O3/c1-11-19-15(16(23-11)13-8-9-14(18)20(13)2)17(21)22-10-12-6-4-3-5-7-12/h3-9H,10H2,1-2H3. The van der Waals surface area contributed by atoms with Crippen LogP contribution < -0.4 is 0 Å². The van der Waals surface area contributed by atoms with Crippen molar-refractivity contribution in [2.45, 2.75) is 13.5 Å². The molecule has 0 unspecified atom stereocenters. The predicted molar refractivity (Wildman–Crippen MR) is 88.9 cm³/mol. The summed E-state index contributed by atoms with van der Waals surface area (Å²) < 4.78 is 13.7. The normalized spacial score (nSPS) is 10.7. The Kier molecular flexibility index (Phi) is 4.34. The van der Waals surface area contributed by atoms with Crippen LogP contribution in [0, 0.1) is 6.92 Å². The second kappa shape index (κ2) is 6.42. The van der Waals surface area contributed by atoms with E-state index in [1.54, 1.807) is 6.92 Å². The summed E-state index contributed by atoms with van der Waals surface area (Å²) in [6, 6.07) is 13.3. The fourth-order valence-corrected chi connectivity index (χ4v) is 2.57. The Hall–Kier alpha value is -2.34. The molecule has 0 fully saturated rings. The number of ether oxygens (including phenoxy) is 1. The highest BCUT2D eigenvalue weighted by atomic mass is 79.9.